The molecule has 0 aliphatic carbocycles. The Morgan fingerprint density at radius 2 is 2.14 bits per heavy atom. The topological polar surface area (TPSA) is 39.7 Å². The van der Waals surface area contributed by atoms with E-state index in [1.807, 2.05) is 12.1 Å². The van der Waals surface area contributed by atoms with Crippen LogP contribution in [0.15, 0.2) is 12.1 Å². The number of nitrogens with one attached hydrogen (secondary N) is 1. The van der Waals surface area contributed by atoms with Crippen LogP contribution in [0.4, 0.5) is 0 Å². The summed E-state index contributed by atoms with van der Waals surface area (Å²) in [6.45, 7) is 4.78. The van der Waals surface area contributed by atoms with Crippen molar-refractivity contribution in [1.82, 2.24) is 5.32 Å². The number of hydrogen-bond donors (Lipinski definition) is 1. The number of halogens is 1. The zero-order chi connectivity index (χ0) is 15.2. The van der Waals surface area contributed by atoms with Crippen molar-refractivity contribution < 1.29 is 14.2 Å². The maximum absolute atomic E-state index is 6.21. The van der Waals surface area contributed by atoms with E-state index in [4.69, 9.17) is 25.8 Å². The average molecular weight is 314 g/mol. The monoisotopic (exact) mass is 313 g/mol. The van der Waals surface area contributed by atoms with Crippen molar-refractivity contribution in [2.75, 3.05) is 27.4 Å². The summed E-state index contributed by atoms with van der Waals surface area (Å²) in [7, 11) is 3.21. The Hall–Kier alpha value is -0.970. The molecule has 1 aromatic rings. The Morgan fingerprint density at radius 3 is 2.81 bits per heavy atom. The number of methoxy groups -OCH3 is 2. The van der Waals surface area contributed by atoms with Crippen LogP contribution in [0.3, 0.4) is 0 Å². The lowest BCUT2D eigenvalue weighted by atomic mass is 9.96. The van der Waals surface area contributed by atoms with Gasteiger partial charge in [0.25, 0.3) is 0 Å². The smallest absolute Gasteiger partial charge is 0.179 e. The minimum Gasteiger partial charge on any atom is -0.493 e. The van der Waals surface area contributed by atoms with Crippen molar-refractivity contribution in [3.8, 4) is 11.5 Å². The standard InChI is InChI=1S/C16H24ClNO3/c1-11-6-12(4-5-21-11)9-18-10-13-7-14(17)16(20-3)15(8-13)19-2/h7-8,11-12,18H,4-6,9-10H2,1-3H3/t11-,12+/m0/s1. The van der Waals surface area contributed by atoms with Gasteiger partial charge in [-0.25, -0.2) is 0 Å². The van der Waals surface area contributed by atoms with Gasteiger partial charge in [-0.2, -0.15) is 0 Å². The molecule has 1 saturated heterocycles. The van der Waals surface area contributed by atoms with Crippen LogP contribution in [-0.4, -0.2) is 33.5 Å². The SMILES string of the molecule is COc1cc(CNC[C@@H]2CCO[C@@H](C)C2)cc(Cl)c1OC. The zero-order valence-corrected chi connectivity index (χ0v) is 13.7. The third-order valence-corrected chi connectivity index (χ3v) is 4.13. The van der Waals surface area contributed by atoms with Gasteiger partial charge in [0.15, 0.2) is 11.5 Å². The molecule has 118 valence electrons. The molecule has 0 unspecified atom stereocenters. The molecule has 2 atom stereocenters. The molecule has 1 aliphatic heterocycles. The van der Waals surface area contributed by atoms with Crippen LogP contribution in [-0.2, 0) is 11.3 Å². The van der Waals surface area contributed by atoms with Crippen LogP contribution in [0.25, 0.3) is 0 Å². The first-order chi connectivity index (χ1) is 10.1. The summed E-state index contributed by atoms with van der Waals surface area (Å²) in [5, 5.41) is 4.07. The average Bonchev–Trinajstić information content (AvgIpc) is 2.46. The van der Waals surface area contributed by atoms with Crippen molar-refractivity contribution in [2.24, 2.45) is 5.92 Å². The largest absolute Gasteiger partial charge is 0.493 e. The van der Waals surface area contributed by atoms with Gasteiger partial charge in [-0.15, -0.1) is 0 Å². The van der Waals surface area contributed by atoms with E-state index in [1.54, 1.807) is 14.2 Å². The molecular weight excluding hydrogens is 290 g/mol. The molecule has 1 aliphatic rings. The van der Waals surface area contributed by atoms with E-state index in [0.717, 1.165) is 38.1 Å². The van der Waals surface area contributed by atoms with E-state index < -0.39 is 0 Å². The van der Waals surface area contributed by atoms with Gasteiger partial charge in [-0.3, -0.25) is 0 Å². The van der Waals surface area contributed by atoms with Crippen LogP contribution in [0.2, 0.25) is 5.02 Å². The third-order valence-electron chi connectivity index (χ3n) is 3.85. The van der Waals surface area contributed by atoms with Crippen molar-refractivity contribution >= 4 is 11.6 Å². The van der Waals surface area contributed by atoms with E-state index in [9.17, 15) is 0 Å². The molecule has 1 N–H and O–H groups in total. The summed E-state index contributed by atoms with van der Waals surface area (Å²) in [6.07, 6.45) is 2.63. The van der Waals surface area contributed by atoms with Gasteiger partial charge < -0.3 is 19.5 Å². The van der Waals surface area contributed by atoms with Gasteiger partial charge >= 0.3 is 0 Å². The molecule has 5 heteroatoms. The van der Waals surface area contributed by atoms with E-state index in [1.165, 1.54) is 0 Å². The Kier molecular flexibility index (Phi) is 6.15. The number of hydrogen-bond acceptors (Lipinski definition) is 4. The lowest BCUT2D eigenvalue weighted by Crippen LogP contribution is -2.30. The Balaban J connectivity index is 1.89. The zero-order valence-electron chi connectivity index (χ0n) is 12.9. The Bertz CT molecular complexity index is 467. The first-order valence-corrected chi connectivity index (χ1v) is 7.74. The van der Waals surface area contributed by atoms with E-state index in [2.05, 4.69) is 12.2 Å². The van der Waals surface area contributed by atoms with E-state index in [-0.39, 0.29) is 0 Å². The third kappa shape index (κ3) is 4.50. The molecule has 1 heterocycles. The molecular formula is C16H24ClNO3. The van der Waals surface area contributed by atoms with Gasteiger partial charge in [0.1, 0.15) is 0 Å². The van der Waals surface area contributed by atoms with Crippen LogP contribution in [0.1, 0.15) is 25.3 Å². The number of benzene rings is 1. The minimum atomic E-state index is 0.376. The molecule has 0 spiro atoms. The van der Waals surface area contributed by atoms with Crippen molar-refractivity contribution in [3.63, 3.8) is 0 Å². The molecule has 21 heavy (non-hydrogen) atoms. The maximum Gasteiger partial charge on any atom is 0.179 e. The lowest BCUT2D eigenvalue weighted by Gasteiger charge is -2.27. The lowest BCUT2D eigenvalue weighted by molar-refractivity contribution is 0.00289. The van der Waals surface area contributed by atoms with Crippen LogP contribution in [0, 0.1) is 5.92 Å². The molecule has 1 fully saturated rings. The summed E-state index contributed by atoms with van der Waals surface area (Å²) in [5.74, 6) is 1.94. The Labute approximate surface area is 131 Å². The first-order valence-electron chi connectivity index (χ1n) is 7.36. The van der Waals surface area contributed by atoms with Crippen molar-refractivity contribution in [2.45, 2.75) is 32.4 Å². The highest BCUT2D eigenvalue weighted by atomic mass is 35.5. The van der Waals surface area contributed by atoms with Gasteiger partial charge in [0.05, 0.1) is 25.3 Å². The molecule has 0 radical (unpaired) electrons. The normalized spacial score (nSPS) is 22.1. The summed E-state index contributed by atoms with van der Waals surface area (Å²) in [5.41, 5.74) is 1.10. The van der Waals surface area contributed by atoms with Gasteiger partial charge in [-0.05, 0) is 49.9 Å². The van der Waals surface area contributed by atoms with E-state index >= 15 is 0 Å². The fraction of sp³-hybridized carbons (Fsp3) is 0.625. The second-order valence-corrected chi connectivity index (χ2v) is 5.92. The van der Waals surface area contributed by atoms with Gasteiger partial charge in [0, 0.05) is 13.2 Å². The summed E-state index contributed by atoms with van der Waals surface area (Å²) in [6, 6.07) is 3.88. The highest BCUT2D eigenvalue weighted by Gasteiger charge is 2.19. The number of ether oxygens (including phenoxy) is 3. The molecule has 0 amide bonds. The summed E-state index contributed by atoms with van der Waals surface area (Å²) in [4.78, 5) is 0. The summed E-state index contributed by atoms with van der Waals surface area (Å²) < 4.78 is 16.1. The highest BCUT2D eigenvalue weighted by molar-refractivity contribution is 6.32. The highest BCUT2D eigenvalue weighted by Crippen LogP contribution is 2.36. The van der Waals surface area contributed by atoms with Crippen molar-refractivity contribution in [1.29, 1.82) is 0 Å². The van der Waals surface area contributed by atoms with E-state index in [0.29, 0.717) is 28.5 Å². The predicted molar refractivity (Wildman–Crippen MR) is 84.4 cm³/mol. The van der Waals surface area contributed by atoms with Crippen molar-refractivity contribution in [3.05, 3.63) is 22.7 Å². The quantitative estimate of drug-likeness (QED) is 0.875. The minimum absolute atomic E-state index is 0.376. The molecule has 0 bridgehead atoms. The van der Waals surface area contributed by atoms with Crippen LogP contribution >= 0.6 is 11.6 Å². The fourth-order valence-electron chi connectivity index (χ4n) is 2.77. The number of rotatable bonds is 6. The summed E-state index contributed by atoms with van der Waals surface area (Å²) >= 11 is 6.21. The molecule has 1 aromatic carbocycles. The van der Waals surface area contributed by atoms with Gasteiger partial charge in [-0.1, -0.05) is 11.6 Å². The molecule has 0 saturated carbocycles. The molecule has 0 aromatic heterocycles. The first kappa shape index (κ1) is 16.4. The molecule has 2 rings (SSSR count). The van der Waals surface area contributed by atoms with Gasteiger partial charge in [0.2, 0.25) is 0 Å². The van der Waals surface area contributed by atoms with Crippen LogP contribution in [0.5, 0.6) is 11.5 Å². The maximum atomic E-state index is 6.21. The van der Waals surface area contributed by atoms with Crippen LogP contribution < -0.4 is 14.8 Å². The fourth-order valence-corrected chi connectivity index (χ4v) is 3.08. The Morgan fingerprint density at radius 1 is 1.33 bits per heavy atom. The second-order valence-electron chi connectivity index (χ2n) is 5.52. The molecule has 4 nitrogen and oxygen atoms in total. The second kappa shape index (κ2) is 7.87. The predicted octanol–water partition coefficient (Wildman–Crippen LogP) is 3.26.